The number of carbonyl (C=O) groups excluding carboxylic acids is 1. The van der Waals surface area contributed by atoms with Gasteiger partial charge in [-0.05, 0) is 25.1 Å². The van der Waals surface area contributed by atoms with E-state index in [1.54, 1.807) is 6.07 Å². The lowest BCUT2D eigenvalue weighted by atomic mass is 10.1. The van der Waals surface area contributed by atoms with Crippen molar-refractivity contribution in [2.24, 2.45) is 0 Å². The maximum atomic E-state index is 12.6. The van der Waals surface area contributed by atoms with Gasteiger partial charge in [-0.3, -0.25) is 9.69 Å². The molecule has 1 amide bonds. The number of hydrogen-bond donors (Lipinski definition) is 0. The van der Waals surface area contributed by atoms with E-state index in [0.29, 0.717) is 31.2 Å². The number of nitrogens with zero attached hydrogens (tertiary/aromatic N) is 3. The van der Waals surface area contributed by atoms with Crippen molar-refractivity contribution in [1.29, 1.82) is 5.26 Å². The van der Waals surface area contributed by atoms with Gasteiger partial charge >= 0.3 is 0 Å². The zero-order valence-electron chi connectivity index (χ0n) is 14.2. The summed E-state index contributed by atoms with van der Waals surface area (Å²) < 4.78 is 0. The number of carbonyl (C=O) groups is 1. The molecule has 1 aliphatic heterocycles. The van der Waals surface area contributed by atoms with Crippen LogP contribution in [0.5, 0.6) is 0 Å². The minimum absolute atomic E-state index is 0.0506. The first kappa shape index (κ1) is 17.5. The number of rotatable bonds is 3. The molecule has 128 valence electrons. The van der Waals surface area contributed by atoms with Gasteiger partial charge in [-0.25, -0.2) is 0 Å². The highest BCUT2D eigenvalue weighted by molar-refractivity contribution is 6.31. The quantitative estimate of drug-likeness (QED) is 0.845. The Morgan fingerprint density at radius 2 is 1.84 bits per heavy atom. The second-order valence-corrected chi connectivity index (χ2v) is 6.66. The summed E-state index contributed by atoms with van der Waals surface area (Å²) in [7, 11) is 0. The largest absolute Gasteiger partial charge is 0.336 e. The predicted molar refractivity (Wildman–Crippen MR) is 98.5 cm³/mol. The Bertz CT molecular complexity index is 807. The van der Waals surface area contributed by atoms with Crippen LogP contribution in [0.4, 0.5) is 0 Å². The number of halogens is 1. The Kier molecular flexibility index (Phi) is 5.37. The monoisotopic (exact) mass is 353 g/mol. The van der Waals surface area contributed by atoms with Crippen molar-refractivity contribution in [3.05, 3.63) is 70.2 Å². The number of benzene rings is 2. The molecule has 0 saturated carbocycles. The van der Waals surface area contributed by atoms with E-state index < -0.39 is 0 Å². The summed E-state index contributed by atoms with van der Waals surface area (Å²) in [4.78, 5) is 16.6. The molecule has 3 rings (SSSR count). The average Bonchev–Trinajstić information content (AvgIpc) is 2.64. The molecule has 0 bridgehead atoms. The van der Waals surface area contributed by atoms with Crippen LogP contribution in [0.2, 0.25) is 5.02 Å². The molecule has 1 aliphatic rings. The number of nitriles is 1. The SMILES string of the molecule is Cc1cccc(C(=O)N2CCN(C(C#N)c3ccccc3Cl)CC2)c1. The van der Waals surface area contributed by atoms with E-state index in [-0.39, 0.29) is 11.9 Å². The number of amides is 1. The second-order valence-electron chi connectivity index (χ2n) is 6.25. The van der Waals surface area contributed by atoms with E-state index in [2.05, 4.69) is 11.0 Å². The third-order valence-corrected chi connectivity index (χ3v) is 4.90. The summed E-state index contributed by atoms with van der Waals surface area (Å²) in [5.41, 5.74) is 2.62. The summed E-state index contributed by atoms with van der Waals surface area (Å²) in [6.07, 6.45) is 0. The lowest BCUT2D eigenvalue weighted by Gasteiger charge is -2.37. The van der Waals surface area contributed by atoms with Crippen LogP contribution in [0.15, 0.2) is 48.5 Å². The minimum Gasteiger partial charge on any atom is -0.336 e. The maximum absolute atomic E-state index is 12.6. The van der Waals surface area contributed by atoms with E-state index in [9.17, 15) is 10.1 Å². The Morgan fingerprint density at radius 3 is 2.48 bits per heavy atom. The van der Waals surface area contributed by atoms with E-state index in [4.69, 9.17) is 11.6 Å². The van der Waals surface area contributed by atoms with Crippen LogP contribution in [0, 0.1) is 18.3 Å². The Morgan fingerprint density at radius 1 is 1.12 bits per heavy atom. The topological polar surface area (TPSA) is 47.3 Å². The van der Waals surface area contributed by atoms with Gasteiger partial charge in [-0.1, -0.05) is 47.5 Å². The van der Waals surface area contributed by atoms with Gasteiger partial charge in [0.2, 0.25) is 0 Å². The molecule has 1 saturated heterocycles. The number of hydrogen-bond acceptors (Lipinski definition) is 3. The molecule has 4 nitrogen and oxygen atoms in total. The fraction of sp³-hybridized carbons (Fsp3) is 0.300. The van der Waals surface area contributed by atoms with Crippen LogP contribution in [0.25, 0.3) is 0 Å². The van der Waals surface area contributed by atoms with Crippen LogP contribution in [0.3, 0.4) is 0 Å². The normalized spacial score (nSPS) is 16.3. The van der Waals surface area contributed by atoms with Crippen molar-refractivity contribution < 1.29 is 4.79 Å². The van der Waals surface area contributed by atoms with Crippen LogP contribution in [-0.4, -0.2) is 41.9 Å². The van der Waals surface area contributed by atoms with Gasteiger partial charge in [0, 0.05) is 42.3 Å². The van der Waals surface area contributed by atoms with E-state index in [1.165, 1.54) is 0 Å². The highest BCUT2D eigenvalue weighted by Gasteiger charge is 2.28. The smallest absolute Gasteiger partial charge is 0.253 e. The number of aryl methyl sites for hydroxylation is 1. The molecule has 1 atom stereocenters. The molecule has 1 heterocycles. The van der Waals surface area contributed by atoms with Crippen LogP contribution >= 0.6 is 11.6 Å². The molecular weight excluding hydrogens is 334 g/mol. The minimum atomic E-state index is -0.384. The molecular formula is C20H20ClN3O. The fourth-order valence-corrected chi connectivity index (χ4v) is 3.43. The Balaban J connectivity index is 1.68. The Hall–Kier alpha value is -2.35. The molecule has 0 N–H and O–H groups in total. The zero-order chi connectivity index (χ0) is 17.8. The first-order chi connectivity index (χ1) is 12.1. The predicted octanol–water partition coefficient (Wildman–Crippen LogP) is 3.67. The van der Waals surface area contributed by atoms with E-state index in [1.807, 2.05) is 54.3 Å². The molecule has 1 unspecified atom stereocenters. The van der Waals surface area contributed by atoms with Crippen molar-refractivity contribution in [3.63, 3.8) is 0 Å². The highest BCUT2D eigenvalue weighted by atomic mass is 35.5. The summed E-state index contributed by atoms with van der Waals surface area (Å²) in [6.45, 7) is 4.50. The molecule has 0 aromatic heterocycles. The second kappa shape index (κ2) is 7.69. The molecule has 0 radical (unpaired) electrons. The van der Waals surface area contributed by atoms with Gasteiger partial charge in [0.1, 0.15) is 6.04 Å². The van der Waals surface area contributed by atoms with Gasteiger partial charge in [-0.2, -0.15) is 5.26 Å². The van der Waals surface area contributed by atoms with Crippen LogP contribution in [0.1, 0.15) is 27.5 Å². The number of piperazine rings is 1. The van der Waals surface area contributed by atoms with Gasteiger partial charge in [-0.15, -0.1) is 0 Å². The molecule has 2 aromatic carbocycles. The summed E-state index contributed by atoms with van der Waals surface area (Å²) in [5.74, 6) is 0.0506. The van der Waals surface area contributed by atoms with Crippen molar-refractivity contribution in [1.82, 2.24) is 9.80 Å². The van der Waals surface area contributed by atoms with E-state index >= 15 is 0 Å². The lowest BCUT2D eigenvalue weighted by molar-refractivity contribution is 0.0606. The first-order valence-corrected chi connectivity index (χ1v) is 8.72. The molecule has 1 fully saturated rings. The van der Waals surface area contributed by atoms with Crippen LogP contribution in [-0.2, 0) is 0 Å². The van der Waals surface area contributed by atoms with Crippen molar-refractivity contribution in [2.75, 3.05) is 26.2 Å². The van der Waals surface area contributed by atoms with Crippen molar-refractivity contribution in [2.45, 2.75) is 13.0 Å². The fourth-order valence-electron chi connectivity index (χ4n) is 3.19. The van der Waals surface area contributed by atoms with Crippen molar-refractivity contribution >= 4 is 17.5 Å². The molecule has 2 aromatic rings. The van der Waals surface area contributed by atoms with Crippen molar-refractivity contribution in [3.8, 4) is 6.07 Å². The maximum Gasteiger partial charge on any atom is 0.253 e. The third-order valence-electron chi connectivity index (χ3n) is 4.55. The molecule has 25 heavy (non-hydrogen) atoms. The molecule has 0 spiro atoms. The molecule has 5 heteroatoms. The van der Waals surface area contributed by atoms with E-state index in [0.717, 1.165) is 16.7 Å². The Labute approximate surface area is 153 Å². The average molecular weight is 354 g/mol. The molecule has 0 aliphatic carbocycles. The van der Waals surface area contributed by atoms with Gasteiger partial charge < -0.3 is 4.90 Å². The summed E-state index contributed by atoms with van der Waals surface area (Å²) >= 11 is 6.25. The lowest BCUT2D eigenvalue weighted by Crippen LogP contribution is -2.49. The standard InChI is InChI=1S/C20H20ClN3O/c1-15-5-4-6-16(13-15)20(25)24-11-9-23(10-12-24)19(14-22)17-7-2-3-8-18(17)21/h2-8,13,19H,9-12H2,1H3. The van der Waals surface area contributed by atoms with Gasteiger partial charge in [0.15, 0.2) is 0 Å². The first-order valence-electron chi connectivity index (χ1n) is 8.34. The summed E-state index contributed by atoms with van der Waals surface area (Å²) in [6, 6.07) is 17.1. The summed E-state index contributed by atoms with van der Waals surface area (Å²) in [5, 5.41) is 10.2. The zero-order valence-corrected chi connectivity index (χ0v) is 14.9. The third kappa shape index (κ3) is 3.84. The van der Waals surface area contributed by atoms with Gasteiger partial charge in [0.25, 0.3) is 5.91 Å². The van der Waals surface area contributed by atoms with Crippen LogP contribution < -0.4 is 0 Å². The highest BCUT2D eigenvalue weighted by Crippen LogP contribution is 2.28. The van der Waals surface area contributed by atoms with Gasteiger partial charge in [0.05, 0.1) is 6.07 Å².